The molecular formula is C8H19BN2O. The van der Waals surface area contributed by atoms with E-state index in [1.165, 1.54) is 12.8 Å². The molecule has 1 rings (SSSR count). The van der Waals surface area contributed by atoms with E-state index in [2.05, 4.69) is 5.23 Å². The van der Waals surface area contributed by atoms with Gasteiger partial charge in [-0.25, -0.2) is 0 Å². The summed E-state index contributed by atoms with van der Waals surface area (Å²) >= 11 is 0. The van der Waals surface area contributed by atoms with Gasteiger partial charge in [0.25, 0.3) is 0 Å². The monoisotopic (exact) mass is 170 g/mol. The predicted molar refractivity (Wildman–Crippen MR) is 51.8 cm³/mol. The van der Waals surface area contributed by atoms with Crippen molar-refractivity contribution in [3.8, 4) is 0 Å². The SMILES string of the molecule is CB(O)NC1CCC(CN)CC1. The summed E-state index contributed by atoms with van der Waals surface area (Å²) in [6.45, 7) is 2.59. The number of rotatable bonds is 3. The van der Waals surface area contributed by atoms with E-state index in [4.69, 9.17) is 10.8 Å². The van der Waals surface area contributed by atoms with Gasteiger partial charge in [0.05, 0.1) is 0 Å². The Morgan fingerprint density at radius 1 is 1.42 bits per heavy atom. The average Bonchev–Trinajstić information content (AvgIpc) is 2.05. The standard InChI is InChI=1S/C8H19BN2O/c1-9(12)11-8-4-2-7(6-10)3-5-8/h7-8,11-12H,2-6,10H2,1H3. The van der Waals surface area contributed by atoms with Crippen LogP contribution in [0.3, 0.4) is 0 Å². The maximum atomic E-state index is 9.09. The summed E-state index contributed by atoms with van der Waals surface area (Å²) < 4.78 is 0. The first kappa shape index (κ1) is 10.0. The maximum absolute atomic E-state index is 9.09. The molecule has 1 fully saturated rings. The number of hydrogen-bond acceptors (Lipinski definition) is 3. The third-order valence-electron chi connectivity index (χ3n) is 2.66. The van der Waals surface area contributed by atoms with Gasteiger partial charge in [0, 0.05) is 0 Å². The fraction of sp³-hybridized carbons (Fsp3) is 1.00. The minimum atomic E-state index is -0.371. The Hall–Kier alpha value is -0.0551. The van der Waals surface area contributed by atoms with Gasteiger partial charge in [-0.1, -0.05) is 0 Å². The number of hydrogen-bond donors (Lipinski definition) is 3. The van der Waals surface area contributed by atoms with Gasteiger partial charge in [0.15, 0.2) is 0 Å². The van der Waals surface area contributed by atoms with Crippen LogP contribution in [-0.4, -0.2) is 24.7 Å². The van der Waals surface area contributed by atoms with Crippen LogP contribution in [0.25, 0.3) is 0 Å². The van der Waals surface area contributed by atoms with Gasteiger partial charge in [-0.15, -0.1) is 0 Å². The molecule has 0 aromatic rings. The predicted octanol–water partition coefficient (Wildman–Crippen LogP) is 0.204. The van der Waals surface area contributed by atoms with Crippen LogP contribution in [0.15, 0.2) is 0 Å². The van der Waals surface area contributed by atoms with E-state index in [-0.39, 0.29) is 7.05 Å². The summed E-state index contributed by atoms with van der Waals surface area (Å²) in [4.78, 5) is 0. The Kier molecular flexibility index (Phi) is 4.05. The molecule has 12 heavy (non-hydrogen) atoms. The summed E-state index contributed by atoms with van der Waals surface area (Å²) in [6, 6.07) is 0.507. The van der Waals surface area contributed by atoms with Crippen molar-refractivity contribution in [2.24, 2.45) is 11.7 Å². The quantitative estimate of drug-likeness (QED) is 0.530. The molecule has 4 N–H and O–H groups in total. The van der Waals surface area contributed by atoms with Crippen LogP contribution in [0, 0.1) is 5.92 Å². The fourth-order valence-corrected chi connectivity index (χ4v) is 1.91. The summed E-state index contributed by atoms with van der Waals surface area (Å²) in [5, 5.41) is 12.2. The second kappa shape index (κ2) is 4.85. The molecule has 1 aliphatic carbocycles. The Labute approximate surface area is 74.9 Å². The molecule has 0 aromatic carbocycles. The second-order valence-electron chi connectivity index (χ2n) is 3.80. The van der Waals surface area contributed by atoms with E-state index in [9.17, 15) is 0 Å². The molecular weight excluding hydrogens is 151 g/mol. The lowest BCUT2D eigenvalue weighted by atomic mass is 9.80. The molecule has 3 nitrogen and oxygen atoms in total. The van der Waals surface area contributed by atoms with Crippen molar-refractivity contribution in [1.82, 2.24) is 5.23 Å². The van der Waals surface area contributed by atoms with E-state index in [1.807, 2.05) is 0 Å². The van der Waals surface area contributed by atoms with Gasteiger partial charge in [-0.3, -0.25) is 0 Å². The van der Waals surface area contributed by atoms with Crippen LogP contribution >= 0.6 is 0 Å². The van der Waals surface area contributed by atoms with Crippen LogP contribution in [-0.2, 0) is 0 Å². The highest BCUT2D eigenvalue weighted by Crippen LogP contribution is 2.23. The molecule has 70 valence electrons. The van der Waals surface area contributed by atoms with E-state index < -0.39 is 0 Å². The first-order valence-corrected chi connectivity index (χ1v) is 4.86. The zero-order chi connectivity index (χ0) is 8.97. The first-order chi connectivity index (χ1) is 5.72. The highest BCUT2D eigenvalue weighted by atomic mass is 16.2. The highest BCUT2D eigenvalue weighted by Gasteiger charge is 2.21. The van der Waals surface area contributed by atoms with Gasteiger partial charge in [0.1, 0.15) is 0 Å². The Balaban J connectivity index is 2.17. The van der Waals surface area contributed by atoms with Crippen LogP contribution in [0.2, 0.25) is 6.82 Å². The highest BCUT2D eigenvalue weighted by molar-refractivity contribution is 6.45. The summed E-state index contributed by atoms with van der Waals surface area (Å²) in [5.41, 5.74) is 5.58. The van der Waals surface area contributed by atoms with E-state index in [1.54, 1.807) is 6.82 Å². The van der Waals surface area contributed by atoms with E-state index in [0.29, 0.717) is 6.04 Å². The summed E-state index contributed by atoms with van der Waals surface area (Å²) in [6.07, 6.45) is 4.74. The van der Waals surface area contributed by atoms with Crippen molar-refractivity contribution in [2.45, 2.75) is 38.5 Å². The first-order valence-electron chi connectivity index (χ1n) is 4.86. The Bertz CT molecular complexity index is 124. The lowest BCUT2D eigenvalue weighted by Crippen LogP contribution is -2.42. The molecule has 0 bridgehead atoms. The van der Waals surface area contributed by atoms with E-state index in [0.717, 1.165) is 25.3 Å². The van der Waals surface area contributed by atoms with Crippen molar-refractivity contribution in [3.63, 3.8) is 0 Å². The summed E-state index contributed by atoms with van der Waals surface area (Å²) in [5.74, 6) is 0.719. The molecule has 0 spiro atoms. The molecule has 0 radical (unpaired) electrons. The Morgan fingerprint density at radius 3 is 2.42 bits per heavy atom. The van der Waals surface area contributed by atoms with Crippen molar-refractivity contribution in [1.29, 1.82) is 0 Å². The molecule has 0 aromatic heterocycles. The molecule has 1 aliphatic rings. The minimum Gasteiger partial charge on any atom is -0.437 e. The molecule has 0 heterocycles. The van der Waals surface area contributed by atoms with Gasteiger partial charge in [-0.2, -0.15) is 0 Å². The zero-order valence-electron chi connectivity index (χ0n) is 7.79. The van der Waals surface area contributed by atoms with Crippen molar-refractivity contribution in [3.05, 3.63) is 0 Å². The Morgan fingerprint density at radius 2 is 2.00 bits per heavy atom. The fourth-order valence-electron chi connectivity index (χ4n) is 1.91. The van der Waals surface area contributed by atoms with E-state index >= 15 is 0 Å². The normalized spacial score (nSPS) is 30.2. The third-order valence-corrected chi connectivity index (χ3v) is 2.66. The lowest BCUT2D eigenvalue weighted by molar-refractivity contribution is 0.313. The molecule has 4 heteroatoms. The molecule has 1 saturated carbocycles. The van der Waals surface area contributed by atoms with Crippen molar-refractivity contribution >= 4 is 7.05 Å². The van der Waals surface area contributed by atoms with Crippen molar-refractivity contribution < 1.29 is 5.02 Å². The topological polar surface area (TPSA) is 58.3 Å². The van der Waals surface area contributed by atoms with Crippen LogP contribution in [0.5, 0.6) is 0 Å². The molecule has 0 unspecified atom stereocenters. The number of nitrogens with one attached hydrogen (secondary N) is 1. The lowest BCUT2D eigenvalue weighted by Gasteiger charge is -2.28. The van der Waals surface area contributed by atoms with Gasteiger partial charge >= 0.3 is 7.05 Å². The average molecular weight is 170 g/mol. The minimum absolute atomic E-state index is 0.371. The largest absolute Gasteiger partial charge is 0.437 e. The molecule has 0 amide bonds. The smallest absolute Gasteiger partial charge is 0.373 e. The maximum Gasteiger partial charge on any atom is 0.373 e. The number of nitrogens with two attached hydrogens (primary N) is 1. The second-order valence-corrected chi connectivity index (χ2v) is 3.80. The van der Waals surface area contributed by atoms with Gasteiger partial charge in [0.2, 0.25) is 0 Å². The molecule has 0 aliphatic heterocycles. The molecule has 0 saturated heterocycles. The van der Waals surface area contributed by atoms with Crippen LogP contribution in [0.1, 0.15) is 25.7 Å². The summed E-state index contributed by atoms with van der Waals surface area (Å²) in [7, 11) is -0.371. The zero-order valence-corrected chi connectivity index (χ0v) is 7.79. The molecule has 0 atom stereocenters. The van der Waals surface area contributed by atoms with Crippen LogP contribution in [0.4, 0.5) is 0 Å². The third kappa shape index (κ3) is 3.13. The van der Waals surface area contributed by atoms with Crippen molar-refractivity contribution in [2.75, 3.05) is 6.54 Å². The van der Waals surface area contributed by atoms with Gasteiger partial charge < -0.3 is 16.0 Å². The van der Waals surface area contributed by atoms with Crippen LogP contribution < -0.4 is 11.0 Å². The van der Waals surface area contributed by atoms with Gasteiger partial charge in [-0.05, 0) is 51.0 Å².